The Labute approximate surface area is 116 Å². The van der Waals surface area contributed by atoms with Crippen molar-refractivity contribution in [2.45, 2.75) is 24.8 Å². The summed E-state index contributed by atoms with van der Waals surface area (Å²) in [6.45, 7) is 0. The molecule has 6 nitrogen and oxygen atoms in total. The highest BCUT2D eigenvalue weighted by Crippen LogP contribution is 2.33. The van der Waals surface area contributed by atoms with Crippen LogP contribution < -0.4 is 5.73 Å². The molecule has 0 aromatic heterocycles. The number of carbonyl (C=O) groups is 2. The zero-order valence-corrected chi connectivity index (χ0v) is 10.5. The van der Waals surface area contributed by atoms with Crippen LogP contribution in [-0.4, -0.2) is 33.3 Å². The lowest BCUT2D eigenvalue weighted by molar-refractivity contribution is -0.137. The van der Waals surface area contributed by atoms with Gasteiger partial charge in [0.15, 0.2) is 0 Å². The van der Waals surface area contributed by atoms with Crippen molar-refractivity contribution in [1.29, 1.82) is 0 Å². The third-order valence-corrected chi connectivity index (χ3v) is 2.65. The van der Waals surface area contributed by atoms with Crippen molar-refractivity contribution >= 4 is 11.9 Å². The summed E-state index contributed by atoms with van der Waals surface area (Å²) < 4.78 is 38.0. The largest absolute Gasteiger partial charge is 0.478 e. The van der Waals surface area contributed by atoms with Crippen molar-refractivity contribution in [2.24, 2.45) is 5.73 Å². The highest BCUT2D eigenvalue weighted by atomic mass is 19.4. The van der Waals surface area contributed by atoms with Crippen LogP contribution in [0.1, 0.15) is 34.0 Å². The molecule has 1 amide bonds. The molecule has 0 aliphatic carbocycles. The number of carboxylic acids is 1. The smallest absolute Gasteiger partial charge is 0.416 e. The van der Waals surface area contributed by atoms with Gasteiger partial charge in [-0.1, -0.05) is 0 Å². The quantitative estimate of drug-likeness (QED) is 0.637. The van der Waals surface area contributed by atoms with Crippen LogP contribution in [0.5, 0.6) is 0 Å². The summed E-state index contributed by atoms with van der Waals surface area (Å²) in [5, 5.41) is 28.0. The zero-order valence-electron chi connectivity index (χ0n) is 10.5. The molecule has 2 unspecified atom stereocenters. The van der Waals surface area contributed by atoms with Crippen LogP contribution in [0.15, 0.2) is 18.2 Å². The van der Waals surface area contributed by atoms with Gasteiger partial charge in [0.05, 0.1) is 23.7 Å². The van der Waals surface area contributed by atoms with E-state index in [2.05, 4.69) is 0 Å². The van der Waals surface area contributed by atoms with E-state index < -0.39 is 53.4 Å². The molecule has 1 aromatic rings. The Morgan fingerprint density at radius 1 is 1.19 bits per heavy atom. The van der Waals surface area contributed by atoms with Gasteiger partial charge in [-0.25, -0.2) is 4.79 Å². The van der Waals surface area contributed by atoms with Crippen molar-refractivity contribution in [3.63, 3.8) is 0 Å². The molecule has 5 N–H and O–H groups in total. The summed E-state index contributed by atoms with van der Waals surface area (Å²) in [5.41, 5.74) is 2.33. The van der Waals surface area contributed by atoms with E-state index >= 15 is 0 Å². The Bertz CT molecular complexity index is 558. The number of primary amides is 1. The first-order valence-electron chi connectivity index (χ1n) is 5.62. The first-order chi connectivity index (χ1) is 9.52. The van der Waals surface area contributed by atoms with Crippen molar-refractivity contribution < 1.29 is 38.1 Å². The summed E-state index contributed by atoms with van der Waals surface area (Å²) in [4.78, 5) is 21.4. The monoisotopic (exact) mass is 307 g/mol. The molecule has 0 fully saturated rings. The molecule has 0 heterocycles. The number of carbonyl (C=O) groups excluding carboxylic acids is 1. The van der Waals surface area contributed by atoms with Gasteiger partial charge < -0.3 is 21.1 Å². The number of alkyl halides is 3. The Morgan fingerprint density at radius 3 is 2.19 bits per heavy atom. The third kappa shape index (κ3) is 4.43. The second-order valence-electron chi connectivity index (χ2n) is 4.33. The lowest BCUT2D eigenvalue weighted by Crippen LogP contribution is -2.26. The van der Waals surface area contributed by atoms with Gasteiger partial charge in [-0.2, -0.15) is 13.2 Å². The van der Waals surface area contributed by atoms with E-state index in [1.807, 2.05) is 0 Å². The van der Waals surface area contributed by atoms with Gasteiger partial charge in [0, 0.05) is 0 Å². The number of amides is 1. The van der Waals surface area contributed by atoms with E-state index in [-0.39, 0.29) is 0 Å². The fourth-order valence-electron chi connectivity index (χ4n) is 1.65. The van der Waals surface area contributed by atoms with Crippen molar-refractivity contribution in [2.75, 3.05) is 0 Å². The molecule has 0 spiro atoms. The lowest BCUT2D eigenvalue weighted by atomic mass is 9.97. The van der Waals surface area contributed by atoms with E-state index in [9.17, 15) is 33.0 Å². The minimum atomic E-state index is -4.82. The van der Waals surface area contributed by atoms with Gasteiger partial charge in [0.1, 0.15) is 6.10 Å². The predicted molar refractivity (Wildman–Crippen MR) is 63.2 cm³/mol. The Morgan fingerprint density at radius 2 is 1.76 bits per heavy atom. The number of hydrogen-bond acceptors (Lipinski definition) is 4. The molecule has 0 aliphatic rings. The minimum Gasteiger partial charge on any atom is -0.478 e. The number of carboxylic acid groups (broad SMARTS) is 1. The molecule has 0 saturated carbocycles. The summed E-state index contributed by atoms with van der Waals surface area (Å²) in [5.74, 6) is -2.59. The van der Waals surface area contributed by atoms with Crippen LogP contribution in [0.4, 0.5) is 13.2 Å². The van der Waals surface area contributed by atoms with E-state index in [1.165, 1.54) is 0 Å². The third-order valence-electron chi connectivity index (χ3n) is 2.65. The maximum absolute atomic E-state index is 12.7. The fourth-order valence-corrected chi connectivity index (χ4v) is 1.65. The highest BCUT2D eigenvalue weighted by molar-refractivity contribution is 5.88. The number of aliphatic hydroxyl groups excluding tert-OH is 2. The molecule has 0 bridgehead atoms. The van der Waals surface area contributed by atoms with E-state index in [4.69, 9.17) is 10.8 Å². The van der Waals surface area contributed by atoms with Crippen LogP contribution in [0.25, 0.3) is 0 Å². The molecular weight excluding hydrogens is 295 g/mol. The number of aliphatic hydroxyl groups is 2. The number of aromatic carboxylic acids is 1. The lowest BCUT2D eigenvalue weighted by Gasteiger charge is -2.19. The second kappa shape index (κ2) is 6.10. The molecule has 1 aromatic carbocycles. The predicted octanol–water partition coefficient (Wildman–Crippen LogP) is 0.673. The first kappa shape index (κ1) is 16.9. The molecule has 0 radical (unpaired) electrons. The summed E-state index contributed by atoms with van der Waals surface area (Å²) in [6.07, 6.45) is -9.13. The standard InChI is InChI=1S/C12H12F3NO5/c13-12(14,15)7-2-5(1-6(3-7)11(20)21)10(19)8(17)4-9(16)18/h1-3,8,10,17,19H,4H2,(H2,16,18)(H,20,21). The second-order valence-corrected chi connectivity index (χ2v) is 4.33. The Kier molecular flexibility index (Phi) is 4.92. The van der Waals surface area contributed by atoms with Crippen molar-refractivity contribution in [1.82, 2.24) is 0 Å². The minimum absolute atomic E-state index is 0.402. The summed E-state index contributed by atoms with van der Waals surface area (Å²) >= 11 is 0. The van der Waals surface area contributed by atoms with Crippen molar-refractivity contribution in [3.05, 3.63) is 34.9 Å². The van der Waals surface area contributed by atoms with Crippen LogP contribution in [-0.2, 0) is 11.0 Å². The highest BCUT2D eigenvalue weighted by Gasteiger charge is 2.33. The van der Waals surface area contributed by atoms with Gasteiger partial charge in [0.25, 0.3) is 0 Å². The van der Waals surface area contributed by atoms with Crippen molar-refractivity contribution in [3.8, 4) is 0 Å². The van der Waals surface area contributed by atoms with Gasteiger partial charge in [-0.3, -0.25) is 4.79 Å². The SMILES string of the molecule is NC(=O)CC(O)C(O)c1cc(C(=O)O)cc(C(F)(F)F)c1. The van der Waals surface area contributed by atoms with E-state index in [0.29, 0.717) is 12.1 Å². The molecule has 1 rings (SSSR count). The summed E-state index contributed by atoms with van der Waals surface area (Å²) in [7, 11) is 0. The first-order valence-corrected chi connectivity index (χ1v) is 5.62. The maximum Gasteiger partial charge on any atom is 0.416 e. The topological polar surface area (TPSA) is 121 Å². The van der Waals surface area contributed by atoms with Crippen LogP contribution >= 0.6 is 0 Å². The molecular formula is C12H12F3NO5. The van der Waals surface area contributed by atoms with Gasteiger partial charge >= 0.3 is 12.1 Å². The number of benzene rings is 1. The molecule has 0 saturated heterocycles. The summed E-state index contributed by atoms with van der Waals surface area (Å²) in [6, 6.07) is 1.69. The van der Waals surface area contributed by atoms with Crippen LogP contribution in [0.3, 0.4) is 0 Å². The van der Waals surface area contributed by atoms with Crippen LogP contribution in [0.2, 0.25) is 0 Å². The molecule has 9 heteroatoms. The maximum atomic E-state index is 12.7. The van der Waals surface area contributed by atoms with E-state index in [0.717, 1.165) is 6.07 Å². The van der Waals surface area contributed by atoms with Crippen LogP contribution in [0, 0.1) is 0 Å². The number of halogens is 3. The van der Waals surface area contributed by atoms with Gasteiger partial charge in [0.2, 0.25) is 5.91 Å². The molecule has 0 aliphatic heterocycles. The Balaban J connectivity index is 3.25. The number of nitrogens with two attached hydrogens (primary N) is 1. The molecule has 116 valence electrons. The average molecular weight is 307 g/mol. The van der Waals surface area contributed by atoms with Gasteiger partial charge in [-0.15, -0.1) is 0 Å². The Hall–Kier alpha value is -2.13. The number of hydrogen-bond donors (Lipinski definition) is 4. The zero-order chi connectivity index (χ0) is 16.4. The molecule has 2 atom stereocenters. The average Bonchev–Trinajstić information content (AvgIpc) is 2.35. The normalized spacial score (nSPS) is 14.5. The fraction of sp³-hybridized carbons (Fsp3) is 0.333. The molecule has 21 heavy (non-hydrogen) atoms. The van der Waals surface area contributed by atoms with E-state index in [1.54, 1.807) is 0 Å². The van der Waals surface area contributed by atoms with Gasteiger partial charge in [-0.05, 0) is 23.8 Å². The number of rotatable bonds is 5.